The molecular formula is C13H27N3. The second kappa shape index (κ2) is 6.58. The van der Waals surface area contributed by atoms with Gasteiger partial charge in [0.05, 0.1) is 0 Å². The van der Waals surface area contributed by atoms with Crippen molar-refractivity contribution in [1.29, 1.82) is 0 Å². The van der Waals surface area contributed by atoms with Crippen molar-refractivity contribution in [2.45, 2.75) is 38.6 Å². The molecule has 0 bridgehead atoms. The molecule has 0 spiro atoms. The number of likely N-dealkylation sites (N-methyl/N-ethyl adjacent to an activating group) is 1. The Hall–Kier alpha value is -0.120. The molecule has 3 heteroatoms. The van der Waals surface area contributed by atoms with Gasteiger partial charge in [0.15, 0.2) is 0 Å². The summed E-state index contributed by atoms with van der Waals surface area (Å²) in [6, 6.07) is 0.858. The molecule has 1 aliphatic heterocycles. The van der Waals surface area contributed by atoms with Crippen LogP contribution in [0, 0.1) is 0 Å². The van der Waals surface area contributed by atoms with E-state index in [2.05, 4.69) is 22.0 Å². The lowest BCUT2D eigenvalue weighted by Crippen LogP contribution is -2.46. The lowest BCUT2D eigenvalue weighted by atomic mass is 9.93. The molecule has 1 saturated heterocycles. The zero-order valence-electron chi connectivity index (χ0n) is 10.7. The molecule has 2 rings (SSSR count). The van der Waals surface area contributed by atoms with Crippen LogP contribution in [0.3, 0.4) is 0 Å². The van der Waals surface area contributed by atoms with Crippen LogP contribution in [0.25, 0.3) is 0 Å². The standard InChI is InChI=1S/C13H27N3/c1-2-15-9-11-16(12-10-15)8-4-7-14-13-5-3-6-13/h13-14H,2-12H2,1H3. The van der Waals surface area contributed by atoms with Crippen LogP contribution in [0.1, 0.15) is 32.6 Å². The van der Waals surface area contributed by atoms with E-state index in [1.54, 1.807) is 0 Å². The number of piperazine rings is 1. The zero-order chi connectivity index (χ0) is 11.2. The molecular weight excluding hydrogens is 198 g/mol. The van der Waals surface area contributed by atoms with Gasteiger partial charge in [-0.1, -0.05) is 13.3 Å². The van der Waals surface area contributed by atoms with E-state index in [-0.39, 0.29) is 0 Å². The van der Waals surface area contributed by atoms with Crippen LogP contribution < -0.4 is 5.32 Å². The maximum Gasteiger partial charge on any atom is 0.0110 e. The molecule has 0 radical (unpaired) electrons. The Bertz CT molecular complexity index is 184. The van der Waals surface area contributed by atoms with Crippen molar-refractivity contribution < 1.29 is 0 Å². The van der Waals surface area contributed by atoms with Gasteiger partial charge in [0, 0.05) is 32.2 Å². The lowest BCUT2D eigenvalue weighted by Gasteiger charge is -2.34. The molecule has 16 heavy (non-hydrogen) atoms. The molecule has 2 aliphatic rings. The summed E-state index contributed by atoms with van der Waals surface area (Å²) in [6.45, 7) is 11.1. The maximum absolute atomic E-state index is 3.64. The van der Waals surface area contributed by atoms with Gasteiger partial charge in [0.2, 0.25) is 0 Å². The van der Waals surface area contributed by atoms with Gasteiger partial charge in [0.25, 0.3) is 0 Å². The smallest absolute Gasteiger partial charge is 0.0110 e. The zero-order valence-corrected chi connectivity index (χ0v) is 10.7. The van der Waals surface area contributed by atoms with Gasteiger partial charge in [-0.25, -0.2) is 0 Å². The third kappa shape index (κ3) is 3.72. The van der Waals surface area contributed by atoms with E-state index >= 15 is 0 Å². The Morgan fingerprint density at radius 1 is 1.06 bits per heavy atom. The van der Waals surface area contributed by atoms with Crippen molar-refractivity contribution in [2.24, 2.45) is 0 Å². The third-order valence-corrected chi connectivity index (χ3v) is 4.10. The predicted octanol–water partition coefficient (Wildman–Crippen LogP) is 1.16. The third-order valence-electron chi connectivity index (χ3n) is 4.10. The van der Waals surface area contributed by atoms with Crippen LogP contribution in [0.4, 0.5) is 0 Å². The largest absolute Gasteiger partial charge is 0.314 e. The summed E-state index contributed by atoms with van der Waals surface area (Å²) in [7, 11) is 0. The molecule has 0 atom stereocenters. The van der Waals surface area contributed by atoms with Gasteiger partial charge in [-0.2, -0.15) is 0 Å². The molecule has 3 nitrogen and oxygen atoms in total. The van der Waals surface area contributed by atoms with E-state index in [1.807, 2.05) is 0 Å². The monoisotopic (exact) mass is 225 g/mol. The molecule has 0 amide bonds. The molecule has 0 aromatic rings. The Morgan fingerprint density at radius 2 is 1.75 bits per heavy atom. The van der Waals surface area contributed by atoms with Gasteiger partial charge >= 0.3 is 0 Å². The van der Waals surface area contributed by atoms with Gasteiger partial charge < -0.3 is 15.1 Å². The fraction of sp³-hybridized carbons (Fsp3) is 1.00. The highest BCUT2D eigenvalue weighted by atomic mass is 15.3. The molecule has 0 unspecified atom stereocenters. The van der Waals surface area contributed by atoms with Gasteiger partial charge in [-0.05, 0) is 38.9 Å². The molecule has 0 aromatic carbocycles. The Labute approximate surface area is 100 Å². The van der Waals surface area contributed by atoms with Crippen LogP contribution >= 0.6 is 0 Å². The van der Waals surface area contributed by atoms with Gasteiger partial charge in [-0.15, -0.1) is 0 Å². The first-order valence-electron chi connectivity index (χ1n) is 7.06. The second-order valence-electron chi connectivity index (χ2n) is 5.21. The Balaban J connectivity index is 1.47. The highest BCUT2D eigenvalue weighted by molar-refractivity contribution is 4.76. The summed E-state index contributed by atoms with van der Waals surface area (Å²) in [5.41, 5.74) is 0. The maximum atomic E-state index is 3.64. The topological polar surface area (TPSA) is 18.5 Å². The minimum atomic E-state index is 0.858. The Kier molecular flexibility index (Phi) is 5.07. The second-order valence-corrected chi connectivity index (χ2v) is 5.21. The average molecular weight is 225 g/mol. The average Bonchev–Trinajstić information content (AvgIpc) is 2.27. The van der Waals surface area contributed by atoms with Crippen LogP contribution in [-0.4, -0.2) is 61.7 Å². The summed E-state index contributed by atoms with van der Waals surface area (Å²) in [6.07, 6.45) is 5.59. The van der Waals surface area contributed by atoms with Gasteiger partial charge in [-0.3, -0.25) is 0 Å². The van der Waals surface area contributed by atoms with Gasteiger partial charge in [0.1, 0.15) is 0 Å². The highest BCUT2D eigenvalue weighted by Gasteiger charge is 2.17. The van der Waals surface area contributed by atoms with E-state index in [4.69, 9.17) is 0 Å². The fourth-order valence-electron chi connectivity index (χ4n) is 2.55. The first-order valence-corrected chi connectivity index (χ1v) is 7.06. The van der Waals surface area contributed by atoms with E-state index in [1.165, 1.54) is 71.5 Å². The van der Waals surface area contributed by atoms with Crippen molar-refractivity contribution in [1.82, 2.24) is 15.1 Å². The van der Waals surface area contributed by atoms with Crippen molar-refractivity contribution in [3.8, 4) is 0 Å². The lowest BCUT2D eigenvalue weighted by molar-refractivity contribution is 0.135. The number of hydrogen-bond acceptors (Lipinski definition) is 3. The minimum Gasteiger partial charge on any atom is -0.314 e. The molecule has 2 fully saturated rings. The van der Waals surface area contributed by atoms with E-state index in [9.17, 15) is 0 Å². The van der Waals surface area contributed by atoms with Crippen LogP contribution in [0.2, 0.25) is 0 Å². The van der Waals surface area contributed by atoms with Crippen LogP contribution in [0.15, 0.2) is 0 Å². The summed E-state index contributed by atoms with van der Waals surface area (Å²) in [4.78, 5) is 5.16. The summed E-state index contributed by atoms with van der Waals surface area (Å²) in [5, 5.41) is 3.64. The minimum absolute atomic E-state index is 0.858. The molecule has 1 heterocycles. The van der Waals surface area contributed by atoms with Crippen LogP contribution in [-0.2, 0) is 0 Å². The highest BCUT2D eigenvalue weighted by Crippen LogP contribution is 2.17. The molecule has 94 valence electrons. The SMILES string of the molecule is CCN1CCN(CCCNC2CCC2)CC1. The normalized spacial score (nSPS) is 24.6. The summed E-state index contributed by atoms with van der Waals surface area (Å²) >= 11 is 0. The summed E-state index contributed by atoms with van der Waals surface area (Å²) in [5.74, 6) is 0. The number of hydrogen-bond donors (Lipinski definition) is 1. The quantitative estimate of drug-likeness (QED) is 0.684. The predicted molar refractivity (Wildman–Crippen MR) is 68.8 cm³/mol. The van der Waals surface area contributed by atoms with E-state index in [0.717, 1.165) is 6.04 Å². The number of nitrogens with zero attached hydrogens (tertiary/aromatic N) is 2. The summed E-state index contributed by atoms with van der Waals surface area (Å²) < 4.78 is 0. The van der Waals surface area contributed by atoms with Crippen molar-refractivity contribution in [3.05, 3.63) is 0 Å². The Morgan fingerprint density at radius 3 is 2.31 bits per heavy atom. The van der Waals surface area contributed by atoms with E-state index < -0.39 is 0 Å². The number of rotatable bonds is 6. The van der Waals surface area contributed by atoms with Crippen molar-refractivity contribution in [3.63, 3.8) is 0 Å². The fourth-order valence-corrected chi connectivity index (χ4v) is 2.55. The first-order chi connectivity index (χ1) is 7.88. The molecule has 1 saturated carbocycles. The molecule has 1 N–H and O–H groups in total. The van der Waals surface area contributed by atoms with Crippen molar-refractivity contribution >= 4 is 0 Å². The van der Waals surface area contributed by atoms with Crippen molar-refractivity contribution in [2.75, 3.05) is 45.8 Å². The van der Waals surface area contributed by atoms with Crippen LogP contribution in [0.5, 0.6) is 0 Å². The molecule has 0 aromatic heterocycles. The van der Waals surface area contributed by atoms with E-state index in [0.29, 0.717) is 0 Å². The molecule has 1 aliphatic carbocycles. The number of nitrogens with one attached hydrogen (secondary N) is 1. The first kappa shape index (κ1) is 12.3.